The fraction of sp³-hybridized carbons (Fsp3) is 0.964. The fourth-order valence-electron chi connectivity index (χ4n) is 5.65. The minimum atomic E-state index is -1.27. The molecule has 0 aromatic heterocycles. The van der Waals surface area contributed by atoms with Gasteiger partial charge in [-0.25, -0.2) is 0 Å². The highest BCUT2D eigenvalue weighted by atomic mass is 16.7. The van der Waals surface area contributed by atoms with Crippen LogP contribution < -0.4 is 33.6 Å². The van der Waals surface area contributed by atoms with Crippen molar-refractivity contribution in [2.24, 2.45) is 22.9 Å². The Labute approximate surface area is 269 Å². The lowest BCUT2D eigenvalue weighted by atomic mass is 9.89. The van der Waals surface area contributed by atoms with Crippen molar-refractivity contribution in [1.82, 2.24) is 10.6 Å². The molecule has 3 saturated heterocycles. The van der Waals surface area contributed by atoms with Crippen LogP contribution in [-0.2, 0) is 23.7 Å². The normalized spacial score (nSPS) is 40.1. The van der Waals surface area contributed by atoms with E-state index in [0.717, 1.165) is 19.3 Å². The Hall–Kier alpha value is -1.17. The van der Waals surface area contributed by atoms with Crippen molar-refractivity contribution in [3.63, 3.8) is 0 Å². The van der Waals surface area contributed by atoms with Crippen molar-refractivity contribution >= 4 is 5.91 Å². The van der Waals surface area contributed by atoms with Crippen LogP contribution in [0.25, 0.3) is 0 Å². The van der Waals surface area contributed by atoms with Gasteiger partial charge in [-0.3, -0.25) is 4.79 Å². The topological polar surface area (TPSA) is 324 Å². The number of carbonyl (C=O) groups is 1. The van der Waals surface area contributed by atoms with Crippen LogP contribution in [0.1, 0.15) is 51.4 Å². The van der Waals surface area contributed by atoms with Gasteiger partial charge in [0, 0.05) is 44.6 Å². The first-order valence-electron chi connectivity index (χ1n) is 16.0. The van der Waals surface area contributed by atoms with Crippen molar-refractivity contribution in [3.05, 3.63) is 0 Å². The molecule has 272 valence electrons. The van der Waals surface area contributed by atoms with Gasteiger partial charge >= 0.3 is 0 Å². The van der Waals surface area contributed by atoms with Crippen molar-refractivity contribution in [1.29, 1.82) is 0 Å². The number of likely N-dealkylation sites (N-methyl/N-ethyl adjacent to an activating group) is 1. The zero-order valence-corrected chi connectivity index (χ0v) is 26.5. The van der Waals surface area contributed by atoms with Crippen LogP contribution >= 0.6 is 0 Å². The van der Waals surface area contributed by atoms with Crippen molar-refractivity contribution in [2.75, 3.05) is 33.3 Å². The number of carbonyl (C=O) groups excluding carboxylic acids is 1. The lowest BCUT2D eigenvalue weighted by Crippen LogP contribution is -2.62. The summed E-state index contributed by atoms with van der Waals surface area (Å²) in [5.74, 6) is -0.224. The first-order chi connectivity index (χ1) is 21.8. The predicted octanol–water partition coefficient (Wildman–Crippen LogP) is -5.65. The molecule has 14 atom stereocenters. The number of ether oxygens (including phenoxy) is 4. The van der Waals surface area contributed by atoms with E-state index in [1.54, 1.807) is 7.05 Å². The van der Waals surface area contributed by atoms with E-state index in [1.807, 2.05) is 0 Å². The molecule has 1 aliphatic carbocycles. The Morgan fingerprint density at radius 1 is 0.935 bits per heavy atom. The van der Waals surface area contributed by atoms with Gasteiger partial charge in [-0.05, 0) is 39.2 Å². The zero-order chi connectivity index (χ0) is 34.4. The molecule has 0 aromatic carbocycles. The first-order valence-corrected chi connectivity index (χ1v) is 16.0. The van der Waals surface area contributed by atoms with E-state index >= 15 is 0 Å². The second-order valence-electron chi connectivity index (χ2n) is 12.2. The van der Waals surface area contributed by atoms with Gasteiger partial charge in [-0.15, -0.1) is 0 Å². The Morgan fingerprint density at radius 3 is 2.26 bits per heavy atom. The number of hydrogen-bond donors (Lipinski definition) is 13. The minimum absolute atomic E-state index is 0.00230. The summed E-state index contributed by atoms with van der Waals surface area (Å²) in [7, 11) is 1.79. The summed E-state index contributed by atoms with van der Waals surface area (Å²) in [6.45, 7) is 0.681. The zero-order valence-electron chi connectivity index (χ0n) is 26.5. The number of hydrogen-bond acceptors (Lipinski definition) is 17. The Morgan fingerprint density at radius 2 is 1.65 bits per heavy atom. The van der Waals surface area contributed by atoms with Crippen LogP contribution in [0.5, 0.6) is 0 Å². The number of aliphatic hydroxyl groups is 7. The van der Waals surface area contributed by atoms with Crippen molar-refractivity contribution in [3.8, 4) is 0 Å². The van der Waals surface area contributed by atoms with Crippen LogP contribution in [0.3, 0.4) is 0 Å². The van der Waals surface area contributed by atoms with Crippen molar-refractivity contribution < 1.29 is 59.5 Å². The van der Waals surface area contributed by atoms with E-state index in [9.17, 15) is 25.2 Å². The van der Waals surface area contributed by atoms with E-state index in [1.165, 1.54) is 0 Å². The Bertz CT molecular complexity index is 850. The molecule has 4 rings (SSSR count). The highest BCUT2D eigenvalue weighted by molar-refractivity contribution is 5.76. The monoisotopic (exact) mass is 670 g/mol. The maximum atomic E-state index is 11.9. The van der Waals surface area contributed by atoms with Gasteiger partial charge in [0.05, 0.1) is 49.6 Å². The van der Waals surface area contributed by atoms with Gasteiger partial charge in [-0.2, -0.15) is 0 Å². The van der Waals surface area contributed by atoms with Crippen LogP contribution in [0, 0.1) is 0 Å². The molecule has 18 nitrogen and oxygen atoms in total. The number of aliphatic hydroxyl groups excluding tert-OH is 7. The summed E-state index contributed by atoms with van der Waals surface area (Å²) in [5.41, 5.74) is 21.9. The molecule has 4 aliphatic rings. The van der Waals surface area contributed by atoms with Gasteiger partial charge in [0.2, 0.25) is 5.91 Å². The molecule has 18 heteroatoms. The van der Waals surface area contributed by atoms with Crippen LogP contribution in [0.15, 0.2) is 0 Å². The van der Waals surface area contributed by atoms with E-state index < -0.39 is 49.1 Å². The molecule has 46 heavy (non-hydrogen) atoms. The van der Waals surface area contributed by atoms with E-state index in [4.69, 9.17) is 57.2 Å². The molecule has 17 N–H and O–H groups in total. The molecule has 4 fully saturated rings. The standard InChI is InChI=1S/C15H29N3O5.C7H15NO3.C6H14N2O4/c16-7-11(20)6-14(21)18-10-3-9(17)4-13(5-10)23-15-2-1-12(8-19)22-15;1-8-4-6-5(9)2-3-7(10)11-6;7-1-2-4(9)5(10)3(8)6(11)12-2/h9-13,15,19-20H,1-8,16-17H2,(H,18,21);5-10H,2-4H2,1H3;2-6,9-11H,1,7-8H2/t;5-,6?,7-;2-,3+,4+,5?,6-/m.00/s1. The maximum absolute atomic E-state index is 11.9. The highest BCUT2D eigenvalue weighted by Gasteiger charge is 2.41. The molecule has 3 aliphatic heterocycles. The summed E-state index contributed by atoms with van der Waals surface area (Å²) in [6, 6.07) is -1.10. The van der Waals surface area contributed by atoms with Crippen LogP contribution in [0.4, 0.5) is 0 Å². The van der Waals surface area contributed by atoms with Gasteiger partial charge < -0.3 is 88.3 Å². The molecular formula is C28H58N6O12. The third-order valence-corrected chi connectivity index (χ3v) is 8.25. The molecule has 1 amide bonds. The molecule has 0 aromatic rings. The summed E-state index contributed by atoms with van der Waals surface area (Å²) in [4.78, 5) is 11.9. The van der Waals surface area contributed by atoms with E-state index in [-0.39, 0.29) is 68.7 Å². The summed E-state index contributed by atoms with van der Waals surface area (Å²) in [5, 5.41) is 70.3. The van der Waals surface area contributed by atoms with Crippen LogP contribution in [-0.4, -0.2) is 161 Å². The number of amides is 1. The summed E-state index contributed by atoms with van der Waals surface area (Å²) in [6.07, 6.45) is -2.32. The predicted molar refractivity (Wildman–Crippen MR) is 163 cm³/mol. The molecular weight excluding hydrogens is 612 g/mol. The molecule has 0 radical (unpaired) electrons. The number of rotatable bonds is 10. The lowest BCUT2D eigenvalue weighted by Gasteiger charge is -2.38. The molecule has 0 spiro atoms. The number of nitrogens with two attached hydrogens (primary N) is 4. The minimum Gasteiger partial charge on any atom is -0.394 e. The van der Waals surface area contributed by atoms with Crippen LogP contribution in [0.2, 0.25) is 0 Å². The summed E-state index contributed by atoms with van der Waals surface area (Å²) < 4.78 is 21.4. The molecule has 1 saturated carbocycles. The molecule has 8 unspecified atom stereocenters. The Balaban J connectivity index is 0.000000268. The second kappa shape index (κ2) is 21.0. The van der Waals surface area contributed by atoms with E-state index in [0.29, 0.717) is 32.2 Å². The third kappa shape index (κ3) is 13.7. The fourth-order valence-corrected chi connectivity index (χ4v) is 5.65. The highest BCUT2D eigenvalue weighted by Crippen LogP contribution is 2.27. The van der Waals surface area contributed by atoms with Gasteiger partial charge in [0.1, 0.15) is 18.3 Å². The SMILES string of the molecule is CNCC1O[C@H](O)CC[C@@H]1O.NCC(O)CC(=O)NC1CC(N)CC(OC2CCC(CO)O2)C1.NC[C@@H]1O[C@H](O)[C@H](N)C(O)[C@@H]1O. The lowest BCUT2D eigenvalue weighted by molar-refractivity contribution is -0.238. The largest absolute Gasteiger partial charge is 0.394 e. The maximum Gasteiger partial charge on any atom is 0.222 e. The quantitative estimate of drug-likeness (QED) is 0.103. The molecule has 0 bridgehead atoms. The first kappa shape index (κ1) is 41.0. The van der Waals surface area contributed by atoms with Crippen molar-refractivity contribution in [2.45, 2.75) is 137 Å². The third-order valence-electron chi connectivity index (χ3n) is 8.25. The average molecular weight is 671 g/mol. The molecule has 3 heterocycles. The van der Waals surface area contributed by atoms with Gasteiger partial charge in [0.15, 0.2) is 18.9 Å². The number of nitrogens with one attached hydrogen (secondary N) is 2. The van der Waals surface area contributed by atoms with E-state index in [2.05, 4.69) is 10.6 Å². The van der Waals surface area contributed by atoms with Gasteiger partial charge in [-0.1, -0.05) is 0 Å². The Kier molecular flexibility index (Phi) is 18.7. The summed E-state index contributed by atoms with van der Waals surface area (Å²) >= 11 is 0. The second-order valence-corrected chi connectivity index (χ2v) is 12.2. The average Bonchev–Trinajstić information content (AvgIpc) is 3.47. The van der Waals surface area contributed by atoms with Gasteiger partial charge in [0.25, 0.3) is 0 Å². The smallest absolute Gasteiger partial charge is 0.222 e.